The minimum absolute atomic E-state index is 0.100. The Bertz CT molecular complexity index is 332. The first-order valence-corrected chi connectivity index (χ1v) is 4.73. The van der Waals surface area contributed by atoms with Gasteiger partial charge in [-0.05, 0) is 30.7 Å². The number of esters is 1. The van der Waals surface area contributed by atoms with Crippen molar-refractivity contribution in [2.75, 3.05) is 19.0 Å². The average Bonchev–Trinajstić information content (AvgIpc) is 2.16. The summed E-state index contributed by atoms with van der Waals surface area (Å²) >= 11 is 0. The van der Waals surface area contributed by atoms with E-state index in [0.717, 1.165) is 5.56 Å². The third kappa shape index (κ3) is 3.58. The van der Waals surface area contributed by atoms with E-state index in [1.54, 1.807) is 18.2 Å². The molecule has 0 aliphatic rings. The van der Waals surface area contributed by atoms with Crippen LogP contribution in [0.5, 0.6) is 0 Å². The van der Waals surface area contributed by atoms with Crippen LogP contribution in [-0.2, 0) is 4.74 Å². The van der Waals surface area contributed by atoms with Crippen LogP contribution in [0.15, 0.2) is 18.2 Å². The fourth-order valence-electron chi connectivity index (χ4n) is 1.23. The SMILES string of the molecule is Cc1cc(N)cc(C(=O)OCCCF)c1. The van der Waals surface area contributed by atoms with Crippen LogP contribution in [0.1, 0.15) is 22.3 Å². The molecule has 0 aliphatic heterocycles. The Labute approximate surface area is 88.0 Å². The number of carbonyl (C=O) groups excluding carboxylic acids is 1. The van der Waals surface area contributed by atoms with Gasteiger partial charge in [-0.1, -0.05) is 0 Å². The molecule has 0 fully saturated rings. The minimum Gasteiger partial charge on any atom is -0.462 e. The van der Waals surface area contributed by atoms with E-state index < -0.39 is 12.6 Å². The van der Waals surface area contributed by atoms with Gasteiger partial charge in [0.1, 0.15) is 0 Å². The van der Waals surface area contributed by atoms with Gasteiger partial charge in [0, 0.05) is 12.1 Å². The van der Waals surface area contributed by atoms with Crippen molar-refractivity contribution in [2.24, 2.45) is 0 Å². The van der Waals surface area contributed by atoms with Crippen LogP contribution in [0.3, 0.4) is 0 Å². The number of aryl methyl sites for hydroxylation is 1. The lowest BCUT2D eigenvalue weighted by atomic mass is 10.1. The first kappa shape index (κ1) is 11.5. The monoisotopic (exact) mass is 211 g/mol. The van der Waals surface area contributed by atoms with Gasteiger partial charge < -0.3 is 10.5 Å². The number of rotatable bonds is 4. The van der Waals surface area contributed by atoms with Crippen molar-refractivity contribution in [1.82, 2.24) is 0 Å². The predicted octanol–water partition coefficient (Wildman–Crippen LogP) is 2.09. The average molecular weight is 211 g/mol. The second-order valence-corrected chi connectivity index (χ2v) is 3.31. The summed E-state index contributed by atoms with van der Waals surface area (Å²) in [5.74, 6) is -0.459. The van der Waals surface area contributed by atoms with E-state index in [9.17, 15) is 9.18 Å². The number of benzene rings is 1. The van der Waals surface area contributed by atoms with Gasteiger partial charge in [0.25, 0.3) is 0 Å². The Morgan fingerprint density at radius 2 is 2.20 bits per heavy atom. The van der Waals surface area contributed by atoms with Gasteiger partial charge in [0.05, 0.1) is 18.8 Å². The molecule has 0 bridgehead atoms. The number of alkyl halides is 1. The molecule has 1 aromatic carbocycles. The molecule has 0 saturated heterocycles. The maximum Gasteiger partial charge on any atom is 0.338 e. The van der Waals surface area contributed by atoms with Crippen LogP contribution in [0.25, 0.3) is 0 Å². The number of carbonyl (C=O) groups is 1. The van der Waals surface area contributed by atoms with Crippen LogP contribution in [-0.4, -0.2) is 19.3 Å². The highest BCUT2D eigenvalue weighted by Gasteiger charge is 2.07. The zero-order chi connectivity index (χ0) is 11.3. The van der Waals surface area contributed by atoms with Crippen molar-refractivity contribution < 1.29 is 13.9 Å². The number of nitrogens with two attached hydrogens (primary N) is 1. The van der Waals surface area contributed by atoms with Crippen LogP contribution in [0, 0.1) is 6.92 Å². The molecule has 0 aliphatic carbocycles. The second-order valence-electron chi connectivity index (χ2n) is 3.31. The summed E-state index contributed by atoms with van der Waals surface area (Å²) in [6.45, 7) is 1.46. The van der Waals surface area contributed by atoms with Crippen molar-refractivity contribution in [3.05, 3.63) is 29.3 Å². The normalized spacial score (nSPS) is 10.0. The highest BCUT2D eigenvalue weighted by molar-refractivity contribution is 5.90. The molecule has 0 aromatic heterocycles. The highest BCUT2D eigenvalue weighted by atomic mass is 19.1. The fourth-order valence-corrected chi connectivity index (χ4v) is 1.23. The van der Waals surface area contributed by atoms with Gasteiger partial charge in [0.2, 0.25) is 0 Å². The number of hydrogen-bond donors (Lipinski definition) is 1. The van der Waals surface area contributed by atoms with E-state index in [1.165, 1.54) is 0 Å². The first-order chi connectivity index (χ1) is 7.13. The maximum atomic E-state index is 11.8. The van der Waals surface area contributed by atoms with Crippen molar-refractivity contribution in [3.8, 4) is 0 Å². The van der Waals surface area contributed by atoms with Crippen molar-refractivity contribution in [1.29, 1.82) is 0 Å². The molecule has 1 aromatic rings. The minimum atomic E-state index is -0.483. The zero-order valence-corrected chi connectivity index (χ0v) is 8.63. The molecule has 82 valence electrons. The summed E-state index contributed by atoms with van der Waals surface area (Å²) in [6.07, 6.45) is 0.229. The summed E-state index contributed by atoms with van der Waals surface area (Å²) in [5, 5.41) is 0. The van der Waals surface area contributed by atoms with Gasteiger partial charge in [-0.15, -0.1) is 0 Å². The Morgan fingerprint density at radius 3 is 2.80 bits per heavy atom. The summed E-state index contributed by atoms with van der Waals surface area (Å²) in [6, 6.07) is 5.00. The van der Waals surface area contributed by atoms with Crippen LogP contribution in [0.4, 0.5) is 10.1 Å². The maximum absolute atomic E-state index is 11.8. The topological polar surface area (TPSA) is 52.3 Å². The molecule has 0 heterocycles. The summed E-state index contributed by atoms with van der Waals surface area (Å²) < 4.78 is 16.6. The molecular weight excluding hydrogens is 197 g/mol. The molecule has 4 heteroatoms. The quantitative estimate of drug-likeness (QED) is 0.471. The van der Waals surface area contributed by atoms with Crippen LogP contribution in [0.2, 0.25) is 0 Å². The third-order valence-electron chi connectivity index (χ3n) is 1.85. The lowest BCUT2D eigenvalue weighted by Crippen LogP contribution is -2.07. The first-order valence-electron chi connectivity index (χ1n) is 4.73. The van der Waals surface area contributed by atoms with E-state index in [1.807, 2.05) is 6.92 Å². The van der Waals surface area contributed by atoms with Gasteiger partial charge in [0.15, 0.2) is 0 Å². The molecule has 0 saturated carbocycles. The molecular formula is C11H14FNO2. The van der Waals surface area contributed by atoms with Gasteiger partial charge in [-0.3, -0.25) is 4.39 Å². The lowest BCUT2D eigenvalue weighted by molar-refractivity contribution is 0.0494. The van der Waals surface area contributed by atoms with Crippen molar-refractivity contribution in [3.63, 3.8) is 0 Å². The fraction of sp³-hybridized carbons (Fsp3) is 0.364. The molecule has 0 spiro atoms. The summed E-state index contributed by atoms with van der Waals surface area (Å²) in [5.41, 5.74) is 7.41. The number of halogens is 1. The highest BCUT2D eigenvalue weighted by Crippen LogP contribution is 2.12. The number of anilines is 1. The van der Waals surface area contributed by atoms with Gasteiger partial charge in [-0.25, -0.2) is 4.79 Å². The number of hydrogen-bond acceptors (Lipinski definition) is 3. The molecule has 0 amide bonds. The van der Waals surface area contributed by atoms with Crippen LogP contribution >= 0.6 is 0 Å². The van der Waals surface area contributed by atoms with E-state index in [0.29, 0.717) is 11.3 Å². The Kier molecular flexibility index (Phi) is 4.09. The second kappa shape index (κ2) is 5.34. The van der Waals surface area contributed by atoms with Gasteiger partial charge >= 0.3 is 5.97 Å². The van der Waals surface area contributed by atoms with Crippen LogP contribution < -0.4 is 5.73 Å². The van der Waals surface area contributed by atoms with Crippen molar-refractivity contribution >= 4 is 11.7 Å². The molecule has 0 atom stereocenters. The predicted molar refractivity (Wildman–Crippen MR) is 56.5 cm³/mol. The molecule has 15 heavy (non-hydrogen) atoms. The molecule has 3 nitrogen and oxygen atoms in total. The Balaban J connectivity index is 2.65. The van der Waals surface area contributed by atoms with E-state index in [2.05, 4.69) is 0 Å². The van der Waals surface area contributed by atoms with E-state index in [-0.39, 0.29) is 13.0 Å². The molecule has 0 radical (unpaired) electrons. The Hall–Kier alpha value is -1.58. The van der Waals surface area contributed by atoms with Gasteiger partial charge in [-0.2, -0.15) is 0 Å². The van der Waals surface area contributed by atoms with E-state index >= 15 is 0 Å². The zero-order valence-electron chi connectivity index (χ0n) is 8.63. The number of nitrogen functional groups attached to an aromatic ring is 1. The smallest absolute Gasteiger partial charge is 0.338 e. The van der Waals surface area contributed by atoms with E-state index in [4.69, 9.17) is 10.5 Å². The summed E-state index contributed by atoms with van der Waals surface area (Å²) in [7, 11) is 0. The Morgan fingerprint density at radius 1 is 1.47 bits per heavy atom. The largest absolute Gasteiger partial charge is 0.462 e. The number of ether oxygens (including phenoxy) is 1. The molecule has 2 N–H and O–H groups in total. The summed E-state index contributed by atoms with van der Waals surface area (Å²) in [4.78, 5) is 11.4. The van der Waals surface area contributed by atoms with Crippen molar-refractivity contribution in [2.45, 2.75) is 13.3 Å². The molecule has 1 rings (SSSR count). The standard InChI is InChI=1S/C11H14FNO2/c1-8-5-9(7-10(13)6-8)11(14)15-4-2-3-12/h5-7H,2-4,13H2,1H3. The lowest BCUT2D eigenvalue weighted by Gasteiger charge is -2.05. The third-order valence-corrected chi connectivity index (χ3v) is 1.85. The molecule has 0 unspecified atom stereocenters.